The van der Waals surface area contributed by atoms with Crippen LogP contribution >= 0.6 is 0 Å². The van der Waals surface area contributed by atoms with Gasteiger partial charge in [0.2, 0.25) is 0 Å². The average molecular weight is 357 g/mol. The zero-order chi connectivity index (χ0) is 19.1. The third-order valence-corrected chi connectivity index (χ3v) is 3.71. The van der Waals surface area contributed by atoms with E-state index in [1.54, 1.807) is 43.4 Å². The molecule has 0 radical (unpaired) electrons. The smallest absolute Gasteiger partial charge is 0.337 e. The van der Waals surface area contributed by atoms with Crippen LogP contribution in [-0.2, 0) is 17.8 Å². The maximum Gasteiger partial charge on any atom is 0.337 e. The van der Waals surface area contributed by atoms with Crippen LogP contribution in [0, 0.1) is 10.1 Å². The zero-order valence-electron chi connectivity index (χ0n) is 14.5. The number of hydrogen-bond acceptors (Lipinski definition) is 5. The molecule has 2 aromatic carbocycles. The first-order valence-electron chi connectivity index (χ1n) is 7.80. The molecule has 0 saturated heterocycles. The minimum atomic E-state index is -0.477. The van der Waals surface area contributed by atoms with Crippen LogP contribution in [0.2, 0.25) is 0 Å². The molecule has 2 aromatic rings. The maximum atomic E-state index is 12.2. The molecular weight excluding hydrogens is 338 g/mol. The highest BCUT2D eigenvalue weighted by Gasteiger charge is 2.11. The number of non-ortho nitro benzene ring substituents is 1. The van der Waals surface area contributed by atoms with Crippen LogP contribution in [0.1, 0.15) is 21.5 Å². The van der Waals surface area contributed by atoms with Crippen molar-refractivity contribution in [1.82, 2.24) is 10.2 Å². The lowest BCUT2D eigenvalue weighted by Gasteiger charge is -2.18. The van der Waals surface area contributed by atoms with E-state index >= 15 is 0 Å². The molecule has 0 aliphatic carbocycles. The van der Waals surface area contributed by atoms with Crippen molar-refractivity contribution in [2.45, 2.75) is 13.1 Å². The Morgan fingerprint density at radius 1 is 1.15 bits per heavy atom. The van der Waals surface area contributed by atoms with Gasteiger partial charge < -0.3 is 15.0 Å². The lowest BCUT2D eigenvalue weighted by Crippen LogP contribution is -2.36. The number of nitro benzene ring substituents is 1. The normalized spacial score (nSPS) is 10.1. The van der Waals surface area contributed by atoms with Crippen LogP contribution in [0.4, 0.5) is 10.5 Å². The number of carbonyl (C=O) groups is 2. The van der Waals surface area contributed by atoms with E-state index < -0.39 is 10.9 Å². The molecule has 0 bridgehead atoms. The number of urea groups is 1. The number of nitrogens with zero attached hydrogens (tertiary/aromatic N) is 2. The van der Waals surface area contributed by atoms with Gasteiger partial charge in [-0.15, -0.1) is 0 Å². The highest BCUT2D eigenvalue weighted by molar-refractivity contribution is 5.89. The molecule has 0 unspecified atom stereocenters. The number of ether oxygens (including phenoxy) is 1. The van der Waals surface area contributed by atoms with Crippen LogP contribution in [0.3, 0.4) is 0 Å². The largest absolute Gasteiger partial charge is 0.465 e. The second kappa shape index (κ2) is 8.61. The summed E-state index contributed by atoms with van der Waals surface area (Å²) in [4.78, 5) is 35.3. The molecule has 8 heteroatoms. The predicted molar refractivity (Wildman–Crippen MR) is 94.6 cm³/mol. The van der Waals surface area contributed by atoms with Gasteiger partial charge in [0, 0.05) is 32.3 Å². The Balaban J connectivity index is 1.90. The molecule has 0 heterocycles. The van der Waals surface area contributed by atoms with Crippen molar-refractivity contribution in [3.05, 3.63) is 75.3 Å². The summed E-state index contributed by atoms with van der Waals surface area (Å²) in [6.07, 6.45) is 0. The van der Waals surface area contributed by atoms with Gasteiger partial charge in [-0.3, -0.25) is 10.1 Å². The minimum Gasteiger partial charge on any atom is -0.465 e. The van der Waals surface area contributed by atoms with Gasteiger partial charge in [0.15, 0.2) is 0 Å². The van der Waals surface area contributed by atoms with E-state index in [4.69, 9.17) is 0 Å². The average Bonchev–Trinajstić information content (AvgIpc) is 2.66. The minimum absolute atomic E-state index is 0.0178. The molecule has 136 valence electrons. The van der Waals surface area contributed by atoms with E-state index in [9.17, 15) is 19.7 Å². The van der Waals surface area contributed by atoms with E-state index in [-0.39, 0.29) is 18.3 Å². The third kappa shape index (κ3) is 5.04. The van der Waals surface area contributed by atoms with E-state index in [1.807, 2.05) is 0 Å². The highest BCUT2D eigenvalue weighted by Crippen LogP contribution is 2.13. The molecule has 0 aromatic heterocycles. The number of benzene rings is 2. The first-order chi connectivity index (χ1) is 12.4. The van der Waals surface area contributed by atoms with Gasteiger partial charge in [-0.1, -0.05) is 24.3 Å². The van der Waals surface area contributed by atoms with Crippen molar-refractivity contribution in [1.29, 1.82) is 0 Å². The summed E-state index contributed by atoms with van der Waals surface area (Å²) < 4.78 is 4.64. The molecule has 2 amide bonds. The molecule has 0 fully saturated rings. The van der Waals surface area contributed by atoms with Crippen LogP contribution in [-0.4, -0.2) is 36.0 Å². The molecular formula is C18H19N3O5. The number of nitrogens with one attached hydrogen (secondary N) is 1. The Morgan fingerprint density at radius 3 is 2.46 bits per heavy atom. The molecule has 0 saturated carbocycles. The van der Waals surface area contributed by atoms with Crippen molar-refractivity contribution in [2.75, 3.05) is 14.2 Å². The summed E-state index contributed by atoms with van der Waals surface area (Å²) in [6, 6.07) is 12.6. The van der Waals surface area contributed by atoms with Crippen LogP contribution in [0.15, 0.2) is 48.5 Å². The summed E-state index contributed by atoms with van der Waals surface area (Å²) in [5, 5.41) is 13.5. The zero-order valence-corrected chi connectivity index (χ0v) is 14.5. The standard InChI is InChI=1S/C18H19N3O5/c1-20(12-13-6-8-15(9-7-13)17(22)26-2)18(23)19-11-14-4-3-5-16(10-14)21(24)25/h3-10H,11-12H2,1-2H3,(H,19,23). The lowest BCUT2D eigenvalue weighted by molar-refractivity contribution is -0.384. The summed E-state index contributed by atoms with van der Waals surface area (Å²) in [5.41, 5.74) is 1.92. The quantitative estimate of drug-likeness (QED) is 0.486. The van der Waals surface area contributed by atoms with E-state index in [2.05, 4.69) is 10.1 Å². The number of rotatable bonds is 6. The molecule has 2 rings (SSSR count). The Hall–Kier alpha value is -3.42. The van der Waals surface area contributed by atoms with Crippen molar-refractivity contribution in [2.24, 2.45) is 0 Å². The fourth-order valence-corrected chi connectivity index (χ4v) is 2.30. The van der Waals surface area contributed by atoms with E-state index in [1.165, 1.54) is 24.1 Å². The summed E-state index contributed by atoms with van der Waals surface area (Å²) in [7, 11) is 2.95. The van der Waals surface area contributed by atoms with Crippen molar-refractivity contribution >= 4 is 17.7 Å². The SMILES string of the molecule is COC(=O)c1ccc(CN(C)C(=O)NCc2cccc([N+](=O)[O-])c2)cc1. The van der Waals surface area contributed by atoms with Gasteiger partial charge in [-0.2, -0.15) is 0 Å². The highest BCUT2D eigenvalue weighted by atomic mass is 16.6. The van der Waals surface area contributed by atoms with Crippen molar-refractivity contribution in [3.63, 3.8) is 0 Å². The number of hydrogen-bond donors (Lipinski definition) is 1. The topological polar surface area (TPSA) is 102 Å². The summed E-state index contributed by atoms with van der Waals surface area (Å²) in [6.45, 7) is 0.536. The number of nitro groups is 1. The summed E-state index contributed by atoms with van der Waals surface area (Å²) >= 11 is 0. The third-order valence-electron chi connectivity index (χ3n) is 3.71. The monoisotopic (exact) mass is 357 g/mol. The molecule has 0 aliphatic rings. The number of carbonyl (C=O) groups excluding carboxylic acids is 2. The lowest BCUT2D eigenvalue weighted by atomic mass is 10.1. The van der Waals surface area contributed by atoms with Crippen molar-refractivity contribution in [3.8, 4) is 0 Å². The first-order valence-corrected chi connectivity index (χ1v) is 7.80. The molecule has 26 heavy (non-hydrogen) atoms. The Morgan fingerprint density at radius 2 is 1.85 bits per heavy atom. The molecule has 0 atom stereocenters. The molecule has 0 aliphatic heterocycles. The Bertz CT molecular complexity index is 805. The second-order valence-electron chi connectivity index (χ2n) is 5.63. The van der Waals surface area contributed by atoms with E-state index in [0.29, 0.717) is 17.7 Å². The Kier molecular flexibility index (Phi) is 6.26. The van der Waals surface area contributed by atoms with Gasteiger partial charge >= 0.3 is 12.0 Å². The molecule has 0 spiro atoms. The maximum absolute atomic E-state index is 12.2. The van der Waals surface area contributed by atoms with Crippen LogP contribution < -0.4 is 5.32 Å². The molecule has 8 nitrogen and oxygen atoms in total. The second-order valence-corrected chi connectivity index (χ2v) is 5.63. The van der Waals surface area contributed by atoms with E-state index in [0.717, 1.165) is 5.56 Å². The number of esters is 1. The van der Waals surface area contributed by atoms with Gasteiger partial charge in [0.1, 0.15) is 0 Å². The Labute approximate surface area is 150 Å². The first kappa shape index (κ1) is 18.9. The van der Waals surface area contributed by atoms with Gasteiger partial charge in [-0.05, 0) is 23.3 Å². The molecule has 1 N–H and O–H groups in total. The van der Waals surface area contributed by atoms with Gasteiger partial charge in [-0.25, -0.2) is 9.59 Å². The number of amides is 2. The fraction of sp³-hybridized carbons (Fsp3) is 0.222. The van der Waals surface area contributed by atoms with Crippen molar-refractivity contribution < 1.29 is 19.2 Å². The van der Waals surface area contributed by atoms with Gasteiger partial charge in [0.25, 0.3) is 5.69 Å². The predicted octanol–water partition coefficient (Wildman–Crippen LogP) is 2.72. The number of methoxy groups -OCH3 is 1. The fourth-order valence-electron chi connectivity index (χ4n) is 2.30. The van der Waals surface area contributed by atoms with Crippen LogP contribution in [0.25, 0.3) is 0 Å². The van der Waals surface area contributed by atoms with Gasteiger partial charge in [0.05, 0.1) is 17.6 Å². The van der Waals surface area contributed by atoms with Crippen LogP contribution in [0.5, 0.6) is 0 Å². The summed E-state index contributed by atoms with van der Waals surface area (Å²) in [5.74, 6) is -0.417.